The number of hydrogen-bond acceptors (Lipinski definition) is 3. The summed E-state index contributed by atoms with van der Waals surface area (Å²) in [5.41, 5.74) is 6.89. The second-order valence-electron chi connectivity index (χ2n) is 2.61. The first-order chi connectivity index (χ1) is 6.27. The maximum atomic E-state index is 12.8. The van der Waals surface area contributed by atoms with Gasteiger partial charge in [0.1, 0.15) is 17.8 Å². The molecule has 0 radical (unpaired) electrons. The van der Waals surface area contributed by atoms with Crippen LogP contribution in [0.2, 0.25) is 0 Å². The molecule has 2 aromatic rings. The highest BCUT2D eigenvalue weighted by molar-refractivity contribution is 5.63. The zero-order valence-electron chi connectivity index (χ0n) is 6.70. The number of hydrogen-bond donors (Lipinski definition) is 1. The molecule has 0 unspecified atom stereocenters. The van der Waals surface area contributed by atoms with Crippen molar-refractivity contribution in [2.75, 3.05) is 5.73 Å². The number of anilines is 1. The van der Waals surface area contributed by atoms with Gasteiger partial charge in [0.15, 0.2) is 6.39 Å². The van der Waals surface area contributed by atoms with Gasteiger partial charge < -0.3 is 10.2 Å². The van der Waals surface area contributed by atoms with Gasteiger partial charge in [0, 0.05) is 5.56 Å². The van der Waals surface area contributed by atoms with Crippen LogP contribution in [-0.2, 0) is 0 Å². The summed E-state index contributed by atoms with van der Waals surface area (Å²) in [6.45, 7) is 0. The van der Waals surface area contributed by atoms with Crippen LogP contribution in [0.5, 0.6) is 0 Å². The lowest BCUT2D eigenvalue weighted by atomic mass is 10.1. The van der Waals surface area contributed by atoms with Gasteiger partial charge in [-0.25, -0.2) is 9.37 Å². The highest BCUT2D eigenvalue weighted by Crippen LogP contribution is 2.21. The molecule has 3 nitrogen and oxygen atoms in total. The first kappa shape index (κ1) is 7.79. The van der Waals surface area contributed by atoms with Crippen molar-refractivity contribution in [2.45, 2.75) is 0 Å². The fourth-order valence-corrected chi connectivity index (χ4v) is 1.06. The van der Waals surface area contributed by atoms with Gasteiger partial charge in [0.2, 0.25) is 0 Å². The Kier molecular flexibility index (Phi) is 1.73. The van der Waals surface area contributed by atoms with E-state index < -0.39 is 5.82 Å². The van der Waals surface area contributed by atoms with Gasteiger partial charge in [0.05, 0.1) is 5.69 Å². The van der Waals surface area contributed by atoms with Crippen LogP contribution in [0.3, 0.4) is 0 Å². The van der Waals surface area contributed by atoms with Gasteiger partial charge in [-0.3, -0.25) is 0 Å². The van der Waals surface area contributed by atoms with Gasteiger partial charge >= 0.3 is 0 Å². The Balaban J connectivity index is 2.49. The molecule has 2 N–H and O–H groups in total. The molecule has 0 saturated carbocycles. The summed E-state index contributed by atoms with van der Waals surface area (Å²) in [6.07, 6.45) is 2.79. The topological polar surface area (TPSA) is 52.0 Å². The molecule has 66 valence electrons. The SMILES string of the molecule is Nc1cc(-c2cocn2)ccc1F. The van der Waals surface area contributed by atoms with Crippen LogP contribution in [0.15, 0.2) is 35.3 Å². The van der Waals surface area contributed by atoms with E-state index in [4.69, 9.17) is 10.2 Å². The number of oxazole rings is 1. The molecule has 0 aliphatic rings. The summed E-state index contributed by atoms with van der Waals surface area (Å²) in [7, 11) is 0. The Morgan fingerprint density at radius 2 is 2.23 bits per heavy atom. The first-order valence-electron chi connectivity index (χ1n) is 3.71. The number of aromatic nitrogens is 1. The summed E-state index contributed by atoms with van der Waals surface area (Å²) in [5, 5.41) is 0. The Bertz CT molecular complexity index is 412. The number of nitrogen functional groups attached to an aromatic ring is 1. The lowest BCUT2D eigenvalue weighted by molar-refractivity contribution is 0.558. The molecular formula is C9H7FN2O. The van der Waals surface area contributed by atoms with Crippen LogP contribution in [0.4, 0.5) is 10.1 Å². The van der Waals surface area contributed by atoms with Crippen molar-refractivity contribution in [2.24, 2.45) is 0 Å². The minimum absolute atomic E-state index is 0.112. The molecule has 4 heteroatoms. The summed E-state index contributed by atoms with van der Waals surface area (Å²) >= 11 is 0. The third-order valence-electron chi connectivity index (χ3n) is 1.72. The van der Waals surface area contributed by atoms with Crippen LogP contribution in [0.1, 0.15) is 0 Å². The van der Waals surface area contributed by atoms with Crippen molar-refractivity contribution in [1.29, 1.82) is 0 Å². The second-order valence-corrected chi connectivity index (χ2v) is 2.61. The smallest absolute Gasteiger partial charge is 0.181 e. The van der Waals surface area contributed by atoms with Crippen molar-refractivity contribution in [1.82, 2.24) is 4.98 Å². The monoisotopic (exact) mass is 178 g/mol. The largest absolute Gasteiger partial charge is 0.451 e. The van der Waals surface area contributed by atoms with Crippen LogP contribution >= 0.6 is 0 Å². The minimum atomic E-state index is -0.424. The average Bonchev–Trinajstić information content (AvgIpc) is 2.62. The van der Waals surface area contributed by atoms with Gasteiger partial charge in [-0.05, 0) is 18.2 Å². The third kappa shape index (κ3) is 1.38. The zero-order valence-corrected chi connectivity index (χ0v) is 6.70. The second kappa shape index (κ2) is 2.90. The molecule has 0 aliphatic carbocycles. The Labute approximate surface area is 74.0 Å². The maximum Gasteiger partial charge on any atom is 0.181 e. The van der Waals surface area contributed by atoms with E-state index in [0.717, 1.165) is 5.56 Å². The van der Waals surface area contributed by atoms with Crippen molar-refractivity contribution in [3.8, 4) is 11.3 Å². The number of halogens is 1. The molecule has 1 aromatic heterocycles. The Morgan fingerprint density at radius 1 is 1.38 bits per heavy atom. The normalized spacial score (nSPS) is 10.2. The molecule has 1 aromatic carbocycles. The third-order valence-corrected chi connectivity index (χ3v) is 1.72. The van der Waals surface area contributed by atoms with Gasteiger partial charge in [-0.2, -0.15) is 0 Å². The molecule has 0 atom stereocenters. The number of nitrogens with zero attached hydrogens (tertiary/aromatic N) is 1. The summed E-state index contributed by atoms with van der Waals surface area (Å²) in [4.78, 5) is 3.91. The van der Waals surface area contributed by atoms with Crippen molar-refractivity contribution >= 4 is 5.69 Å². The minimum Gasteiger partial charge on any atom is -0.451 e. The van der Waals surface area contributed by atoms with E-state index in [0.29, 0.717) is 5.69 Å². The van der Waals surface area contributed by atoms with Crippen LogP contribution < -0.4 is 5.73 Å². The lowest BCUT2D eigenvalue weighted by Crippen LogP contribution is -1.90. The van der Waals surface area contributed by atoms with E-state index >= 15 is 0 Å². The molecule has 0 spiro atoms. The lowest BCUT2D eigenvalue weighted by Gasteiger charge is -1.98. The number of rotatable bonds is 1. The highest BCUT2D eigenvalue weighted by Gasteiger charge is 2.03. The predicted octanol–water partition coefficient (Wildman–Crippen LogP) is 2.06. The van der Waals surface area contributed by atoms with E-state index in [9.17, 15) is 4.39 Å². The van der Waals surface area contributed by atoms with E-state index in [-0.39, 0.29) is 5.69 Å². The molecule has 0 amide bonds. The molecule has 0 saturated heterocycles. The standard InChI is InChI=1S/C9H7FN2O/c10-7-2-1-6(3-8(7)11)9-4-13-5-12-9/h1-5H,11H2. The van der Waals surface area contributed by atoms with Crippen molar-refractivity contribution in [3.05, 3.63) is 36.7 Å². The van der Waals surface area contributed by atoms with Gasteiger partial charge in [0.25, 0.3) is 0 Å². The van der Waals surface area contributed by atoms with Crippen LogP contribution in [-0.4, -0.2) is 4.98 Å². The molecule has 0 bridgehead atoms. The van der Waals surface area contributed by atoms with E-state index in [2.05, 4.69) is 4.98 Å². The summed E-state index contributed by atoms with van der Waals surface area (Å²) in [5.74, 6) is -0.424. The zero-order chi connectivity index (χ0) is 9.26. The molecule has 1 heterocycles. The van der Waals surface area contributed by atoms with Gasteiger partial charge in [-0.1, -0.05) is 0 Å². The van der Waals surface area contributed by atoms with E-state index in [1.165, 1.54) is 24.8 Å². The Morgan fingerprint density at radius 3 is 2.85 bits per heavy atom. The fourth-order valence-electron chi connectivity index (χ4n) is 1.06. The van der Waals surface area contributed by atoms with Crippen molar-refractivity contribution < 1.29 is 8.81 Å². The maximum absolute atomic E-state index is 12.8. The highest BCUT2D eigenvalue weighted by atomic mass is 19.1. The van der Waals surface area contributed by atoms with Crippen LogP contribution in [0, 0.1) is 5.82 Å². The van der Waals surface area contributed by atoms with Crippen molar-refractivity contribution in [3.63, 3.8) is 0 Å². The van der Waals surface area contributed by atoms with E-state index in [1.807, 2.05) is 0 Å². The summed E-state index contributed by atoms with van der Waals surface area (Å²) < 4.78 is 17.6. The first-order valence-corrected chi connectivity index (χ1v) is 3.71. The molecule has 13 heavy (non-hydrogen) atoms. The summed E-state index contributed by atoms with van der Waals surface area (Å²) in [6, 6.07) is 4.43. The number of benzene rings is 1. The molecule has 0 aliphatic heterocycles. The molecule has 0 fully saturated rings. The number of nitrogens with two attached hydrogens (primary N) is 1. The average molecular weight is 178 g/mol. The predicted molar refractivity (Wildman–Crippen MR) is 46.3 cm³/mol. The fraction of sp³-hybridized carbons (Fsp3) is 0. The van der Waals surface area contributed by atoms with Gasteiger partial charge in [-0.15, -0.1) is 0 Å². The Hall–Kier alpha value is -1.84. The molecular weight excluding hydrogens is 171 g/mol. The quantitative estimate of drug-likeness (QED) is 0.680. The van der Waals surface area contributed by atoms with E-state index in [1.54, 1.807) is 6.07 Å². The molecule has 2 rings (SSSR count). The van der Waals surface area contributed by atoms with Crippen LogP contribution in [0.25, 0.3) is 11.3 Å².